The Kier molecular flexibility index (Phi) is 6.26. The molecule has 1 N–H and O–H groups in total. The number of likely N-dealkylation sites (tertiary alicyclic amines) is 1. The van der Waals surface area contributed by atoms with Crippen molar-refractivity contribution in [3.63, 3.8) is 0 Å². The summed E-state index contributed by atoms with van der Waals surface area (Å²) in [6.45, 7) is 1.58. The first-order chi connectivity index (χ1) is 16.2. The molecule has 33 heavy (non-hydrogen) atoms. The molecule has 1 saturated heterocycles. The van der Waals surface area contributed by atoms with Crippen LogP contribution in [0.25, 0.3) is 17.0 Å². The lowest BCUT2D eigenvalue weighted by Gasteiger charge is -2.32. The second kappa shape index (κ2) is 9.62. The van der Waals surface area contributed by atoms with Gasteiger partial charge < -0.3 is 4.90 Å². The number of piperidine rings is 1. The summed E-state index contributed by atoms with van der Waals surface area (Å²) in [5, 5.41) is 8.94. The summed E-state index contributed by atoms with van der Waals surface area (Å²) in [6, 6.07) is 21.7. The SMILES string of the molecule is O=C(CSc1nnc2[nH]c(=O)cc(-c3ccccc3)n12)N1CCC(Cc2ccccc2)CC1. The van der Waals surface area contributed by atoms with Crippen LogP contribution in [0.5, 0.6) is 0 Å². The zero-order valence-corrected chi connectivity index (χ0v) is 19.0. The highest BCUT2D eigenvalue weighted by molar-refractivity contribution is 7.99. The van der Waals surface area contributed by atoms with E-state index < -0.39 is 0 Å². The molecule has 168 valence electrons. The number of thioether (sulfide) groups is 1. The quantitative estimate of drug-likeness (QED) is 0.445. The maximum atomic E-state index is 12.9. The summed E-state index contributed by atoms with van der Waals surface area (Å²) in [7, 11) is 0. The Bertz CT molecular complexity index is 1290. The van der Waals surface area contributed by atoms with E-state index in [2.05, 4.69) is 39.4 Å². The molecule has 0 spiro atoms. The molecular weight excluding hydrogens is 434 g/mol. The van der Waals surface area contributed by atoms with Gasteiger partial charge in [0, 0.05) is 19.2 Å². The molecular formula is C25H25N5O2S. The molecule has 3 heterocycles. The maximum Gasteiger partial charge on any atom is 0.252 e. The predicted octanol–water partition coefficient (Wildman–Crippen LogP) is 3.66. The number of nitrogens with zero attached hydrogens (tertiary/aromatic N) is 4. The standard InChI is InChI=1S/C25H25N5O2S/c31-22-16-21(20-9-5-2-6-10-20)30-24(26-22)27-28-25(30)33-17-23(32)29-13-11-19(12-14-29)15-18-7-3-1-4-8-18/h1-10,16,19H,11-15,17H2,(H,26,27,31). The van der Waals surface area contributed by atoms with Crippen LogP contribution < -0.4 is 5.56 Å². The van der Waals surface area contributed by atoms with Crippen LogP contribution in [0.2, 0.25) is 0 Å². The Morgan fingerprint density at radius 2 is 1.70 bits per heavy atom. The van der Waals surface area contributed by atoms with Gasteiger partial charge in [0.05, 0.1) is 11.4 Å². The zero-order chi connectivity index (χ0) is 22.6. The van der Waals surface area contributed by atoms with Gasteiger partial charge in [-0.15, -0.1) is 10.2 Å². The van der Waals surface area contributed by atoms with E-state index >= 15 is 0 Å². The molecule has 0 radical (unpaired) electrons. The lowest BCUT2D eigenvalue weighted by molar-refractivity contribution is -0.129. The number of aromatic nitrogens is 4. The fourth-order valence-corrected chi connectivity index (χ4v) is 5.22. The Morgan fingerprint density at radius 3 is 2.42 bits per heavy atom. The van der Waals surface area contributed by atoms with Crippen LogP contribution in [-0.4, -0.2) is 49.2 Å². The Morgan fingerprint density at radius 1 is 1.00 bits per heavy atom. The van der Waals surface area contributed by atoms with Crippen LogP contribution in [0.3, 0.4) is 0 Å². The van der Waals surface area contributed by atoms with Crippen molar-refractivity contribution in [1.29, 1.82) is 0 Å². The summed E-state index contributed by atoms with van der Waals surface area (Å²) in [5.41, 5.74) is 2.72. The zero-order valence-electron chi connectivity index (χ0n) is 18.2. The molecule has 8 heteroatoms. The van der Waals surface area contributed by atoms with Crippen molar-refractivity contribution in [3.8, 4) is 11.3 Å². The number of hydrogen-bond acceptors (Lipinski definition) is 5. The van der Waals surface area contributed by atoms with Gasteiger partial charge in [0.2, 0.25) is 11.7 Å². The number of H-pyrrole nitrogens is 1. The molecule has 0 atom stereocenters. The second-order valence-corrected chi connectivity index (χ2v) is 9.27. The molecule has 1 aliphatic heterocycles. The summed E-state index contributed by atoms with van der Waals surface area (Å²) >= 11 is 1.35. The normalized spacial score (nSPS) is 14.6. The number of fused-ring (bicyclic) bond motifs is 1. The average Bonchev–Trinajstić information content (AvgIpc) is 3.26. The van der Waals surface area contributed by atoms with E-state index in [1.165, 1.54) is 23.4 Å². The lowest BCUT2D eigenvalue weighted by Crippen LogP contribution is -2.39. The molecule has 2 aromatic heterocycles. The number of carbonyl (C=O) groups excluding carboxylic acids is 1. The Balaban J connectivity index is 1.24. The second-order valence-electron chi connectivity index (χ2n) is 8.33. The van der Waals surface area contributed by atoms with Gasteiger partial charge in [-0.1, -0.05) is 72.4 Å². The summed E-state index contributed by atoms with van der Waals surface area (Å²) in [4.78, 5) is 29.7. The summed E-state index contributed by atoms with van der Waals surface area (Å²) < 4.78 is 1.81. The van der Waals surface area contributed by atoms with Crippen LogP contribution in [0, 0.1) is 5.92 Å². The van der Waals surface area contributed by atoms with Gasteiger partial charge in [0.25, 0.3) is 5.56 Å². The predicted molar refractivity (Wildman–Crippen MR) is 129 cm³/mol. The third-order valence-electron chi connectivity index (χ3n) is 6.11. The van der Waals surface area contributed by atoms with E-state index in [0.29, 0.717) is 22.5 Å². The van der Waals surface area contributed by atoms with E-state index in [-0.39, 0.29) is 17.2 Å². The molecule has 4 aromatic rings. The van der Waals surface area contributed by atoms with Crippen LogP contribution >= 0.6 is 11.8 Å². The van der Waals surface area contributed by atoms with E-state index in [1.807, 2.05) is 41.3 Å². The van der Waals surface area contributed by atoms with E-state index in [9.17, 15) is 9.59 Å². The van der Waals surface area contributed by atoms with E-state index in [4.69, 9.17) is 0 Å². The highest BCUT2D eigenvalue weighted by Gasteiger charge is 2.24. The summed E-state index contributed by atoms with van der Waals surface area (Å²) in [6.07, 6.45) is 3.13. The molecule has 5 rings (SSSR count). The topological polar surface area (TPSA) is 83.4 Å². The van der Waals surface area contributed by atoms with Gasteiger partial charge in [0.1, 0.15) is 0 Å². The third kappa shape index (κ3) is 4.85. The molecule has 1 fully saturated rings. The molecule has 1 amide bonds. The van der Waals surface area contributed by atoms with Crippen molar-refractivity contribution in [2.75, 3.05) is 18.8 Å². The van der Waals surface area contributed by atoms with Gasteiger partial charge in [0.15, 0.2) is 5.16 Å². The van der Waals surface area contributed by atoms with Gasteiger partial charge in [-0.3, -0.25) is 19.0 Å². The lowest BCUT2D eigenvalue weighted by atomic mass is 9.90. The van der Waals surface area contributed by atoms with Crippen molar-refractivity contribution in [2.24, 2.45) is 5.92 Å². The molecule has 0 aliphatic carbocycles. The molecule has 0 bridgehead atoms. The number of nitrogens with one attached hydrogen (secondary N) is 1. The number of carbonyl (C=O) groups is 1. The Labute approximate surface area is 195 Å². The first-order valence-corrected chi connectivity index (χ1v) is 12.1. The van der Waals surface area contributed by atoms with Crippen molar-refractivity contribution in [1.82, 2.24) is 24.5 Å². The van der Waals surface area contributed by atoms with Crippen LogP contribution in [0.15, 0.2) is 76.7 Å². The van der Waals surface area contributed by atoms with Crippen molar-refractivity contribution < 1.29 is 4.79 Å². The number of aromatic amines is 1. The molecule has 0 unspecified atom stereocenters. The van der Waals surface area contributed by atoms with Crippen LogP contribution in [0.4, 0.5) is 0 Å². The minimum Gasteiger partial charge on any atom is -0.342 e. The van der Waals surface area contributed by atoms with Crippen molar-refractivity contribution in [3.05, 3.63) is 82.6 Å². The third-order valence-corrected chi connectivity index (χ3v) is 7.02. The highest BCUT2D eigenvalue weighted by atomic mass is 32.2. The number of amides is 1. The fraction of sp³-hybridized carbons (Fsp3) is 0.280. The molecule has 7 nitrogen and oxygen atoms in total. The number of benzene rings is 2. The average molecular weight is 460 g/mol. The largest absolute Gasteiger partial charge is 0.342 e. The molecule has 0 saturated carbocycles. The first-order valence-electron chi connectivity index (χ1n) is 11.2. The first kappa shape index (κ1) is 21.5. The van der Waals surface area contributed by atoms with E-state index in [1.54, 1.807) is 4.40 Å². The maximum absolute atomic E-state index is 12.9. The van der Waals surface area contributed by atoms with E-state index in [0.717, 1.165) is 37.9 Å². The van der Waals surface area contributed by atoms with Gasteiger partial charge >= 0.3 is 0 Å². The van der Waals surface area contributed by atoms with Gasteiger partial charge in [-0.2, -0.15) is 0 Å². The van der Waals surface area contributed by atoms with Crippen LogP contribution in [-0.2, 0) is 11.2 Å². The minimum absolute atomic E-state index is 0.112. The van der Waals surface area contributed by atoms with Gasteiger partial charge in [-0.25, -0.2) is 0 Å². The van der Waals surface area contributed by atoms with Crippen LogP contribution in [0.1, 0.15) is 18.4 Å². The number of hydrogen-bond donors (Lipinski definition) is 1. The smallest absolute Gasteiger partial charge is 0.252 e. The summed E-state index contributed by atoms with van der Waals surface area (Å²) in [5.74, 6) is 1.39. The Hall–Kier alpha value is -3.39. The highest BCUT2D eigenvalue weighted by Crippen LogP contribution is 2.26. The monoisotopic (exact) mass is 459 g/mol. The molecule has 1 aliphatic rings. The minimum atomic E-state index is -0.236. The van der Waals surface area contributed by atoms with Gasteiger partial charge in [-0.05, 0) is 36.3 Å². The van der Waals surface area contributed by atoms with Crippen molar-refractivity contribution >= 4 is 23.4 Å². The number of rotatable bonds is 6. The molecule has 2 aromatic carbocycles. The fourth-order valence-electron chi connectivity index (χ4n) is 4.37. The van der Waals surface area contributed by atoms with Crippen molar-refractivity contribution in [2.45, 2.75) is 24.4 Å².